The second kappa shape index (κ2) is 5.42. The van der Waals surface area contributed by atoms with E-state index in [0.717, 1.165) is 24.5 Å². The van der Waals surface area contributed by atoms with Crippen LogP contribution < -0.4 is 0 Å². The van der Waals surface area contributed by atoms with Gasteiger partial charge in [-0.25, -0.2) is 4.98 Å². The molecule has 0 bridgehead atoms. The highest BCUT2D eigenvalue weighted by Gasteiger charge is 2.15. The summed E-state index contributed by atoms with van der Waals surface area (Å²) in [4.78, 5) is 4.78. The average molecular weight is 289 g/mol. The van der Waals surface area contributed by atoms with Crippen molar-refractivity contribution < 1.29 is 4.74 Å². The van der Waals surface area contributed by atoms with Crippen molar-refractivity contribution in [1.82, 2.24) is 14.1 Å². The van der Waals surface area contributed by atoms with Crippen LogP contribution in [0.2, 0.25) is 0 Å². The van der Waals surface area contributed by atoms with Crippen molar-refractivity contribution in [3.8, 4) is 11.5 Å². The van der Waals surface area contributed by atoms with Crippen LogP contribution in [0.5, 0.6) is 0 Å². The SMILES string of the molecule is CCc1cn(CCOC)c(-c2cc3sccc3n2C)n1. The van der Waals surface area contributed by atoms with Gasteiger partial charge in [-0.3, -0.25) is 0 Å². The summed E-state index contributed by atoms with van der Waals surface area (Å²) in [7, 11) is 3.83. The topological polar surface area (TPSA) is 32.0 Å². The maximum Gasteiger partial charge on any atom is 0.157 e. The van der Waals surface area contributed by atoms with Crippen LogP contribution in [0, 0.1) is 0 Å². The molecule has 0 spiro atoms. The molecular formula is C15H19N3OS. The van der Waals surface area contributed by atoms with Gasteiger partial charge < -0.3 is 13.9 Å². The minimum Gasteiger partial charge on any atom is -0.383 e. The van der Waals surface area contributed by atoms with Crippen LogP contribution in [0.25, 0.3) is 21.7 Å². The van der Waals surface area contributed by atoms with Gasteiger partial charge in [0.1, 0.15) is 0 Å². The molecule has 0 aliphatic heterocycles. The van der Waals surface area contributed by atoms with Gasteiger partial charge in [0.25, 0.3) is 0 Å². The van der Waals surface area contributed by atoms with E-state index < -0.39 is 0 Å². The molecule has 0 unspecified atom stereocenters. The normalized spacial score (nSPS) is 11.6. The van der Waals surface area contributed by atoms with Gasteiger partial charge in [0.2, 0.25) is 0 Å². The predicted molar refractivity (Wildman–Crippen MR) is 83.3 cm³/mol. The number of imidazole rings is 1. The summed E-state index contributed by atoms with van der Waals surface area (Å²) in [6, 6.07) is 4.39. The number of rotatable bonds is 5. The highest BCUT2D eigenvalue weighted by atomic mass is 32.1. The quantitative estimate of drug-likeness (QED) is 0.721. The molecule has 0 aliphatic carbocycles. The first-order valence-electron chi connectivity index (χ1n) is 6.83. The van der Waals surface area contributed by atoms with Crippen molar-refractivity contribution in [2.45, 2.75) is 19.9 Å². The Morgan fingerprint density at radius 1 is 1.40 bits per heavy atom. The molecule has 3 aromatic rings. The van der Waals surface area contributed by atoms with Crippen LogP contribution in [0.4, 0.5) is 0 Å². The number of ether oxygens (including phenoxy) is 1. The van der Waals surface area contributed by atoms with Gasteiger partial charge in [0.05, 0.1) is 28.2 Å². The number of fused-ring (bicyclic) bond motifs is 1. The molecule has 106 valence electrons. The number of thiophene rings is 1. The highest BCUT2D eigenvalue weighted by molar-refractivity contribution is 7.17. The molecule has 5 heteroatoms. The molecule has 0 amide bonds. The van der Waals surface area contributed by atoms with E-state index in [4.69, 9.17) is 9.72 Å². The van der Waals surface area contributed by atoms with E-state index in [1.54, 1.807) is 18.4 Å². The van der Waals surface area contributed by atoms with Gasteiger partial charge in [-0.05, 0) is 23.9 Å². The van der Waals surface area contributed by atoms with E-state index in [1.807, 2.05) is 0 Å². The lowest BCUT2D eigenvalue weighted by atomic mass is 10.4. The third kappa shape index (κ3) is 2.17. The van der Waals surface area contributed by atoms with Crippen LogP contribution in [0.15, 0.2) is 23.7 Å². The number of hydrogen-bond donors (Lipinski definition) is 0. The Morgan fingerprint density at radius 3 is 2.95 bits per heavy atom. The lowest BCUT2D eigenvalue weighted by Gasteiger charge is -2.08. The van der Waals surface area contributed by atoms with Crippen LogP contribution in [-0.4, -0.2) is 27.8 Å². The first-order chi connectivity index (χ1) is 9.74. The molecule has 0 N–H and O–H groups in total. The molecule has 3 heterocycles. The zero-order valence-electron chi connectivity index (χ0n) is 12.1. The van der Waals surface area contributed by atoms with Crippen LogP contribution in [0.3, 0.4) is 0 Å². The molecule has 0 aromatic carbocycles. The molecule has 0 aliphatic rings. The third-order valence-electron chi connectivity index (χ3n) is 3.62. The Labute approximate surface area is 122 Å². The van der Waals surface area contributed by atoms with E-state index in [9.17, 15) is 0 Å². The lowest BCUT2D eigenvalue weighted by Crippen LogP contribution is -2.06. The van der Waals surface area contributed by atoms with Crippen LogP contribution >= 0.6 is 11.3 Å². The van der Waals surface area contributed by atoms with Crippen LogP contribution in [0.1, 0.15) is 12.6 Å². The maximum atomic E-state index is 5.20. The minimum absolute atomic E-state index is 0.700. The van der Waals surface area contributed by atoms with E-state index in [1.165, 1.54) is 15.9 Å². The largest absolute Gasteiger partial charge is 0.383 e. The molecule has 4 nitrogen and oxygen atoms in total. The van der Waals surface area contributed by atoms with Crippen LogP contribution in [-0.2, 0) is 24.8 Å². The van der Waals surface area contributed by atoms with Gasteiger partial charge in [0.15, 0.2) is 5.82 Å². The number of hydrogen-bond acceptors (Lipinski definition) is 3. The van der Waals surface area contributed by atoms with Gasteiger partial charge in [-0.1, -0.05) is 6.92 Å². The summed E-state index contributed by atoms with van der Waals surface area (Å²) in [5.41, 5.74) is 3.56. The number of aryl methyl sites for hydroxylation is 2. The number of nitrogens with zero attached hydrogens (tertiary/aromatic N) is 3. The van der Waals surface area contributed by atoms with Gasteiger partial charge in [-0.2, -0.15) is 0 Å². The zero-order valence-corrected chi connectivity index (χ0v) is 12.9. The molecule has 0 fully saturated rings. The summed E-state index contributed by atoms with van der Waals surface area (Å²) in [5.74, 6) is 1.03. The molecule has 3 rings (SSSR count). The van der Waals surface area contributed by atoms with Gasteiger partial charge in [-0.15, -0.1) is 11.3 Å². The number of aromatic nitrogens is 3. The molecule has 0 atom stereocenters. The highest BCUT2D eigenvalue weighted by Crippen LogP contribution is 2.30. The Bertz CT molecular complexity index is 723. The van der Waals surface area contributed by atoms with E-state index in [-0.39, 0.29) is 0 Å². The first kappa shape index (κ1) is 13.4. The third-order valence-corrected chi connectivity index (χ3v) is 4.47. The summed E-state index contributed by atoms with van der Waals surface area (Å²) >= 11 is 1.77. The Balaban J connectivity index is 2.09. The van der Waals surface area contributed by atoms with E-state index in [2.05, 4.69) is 46.8 Å². The maximum absolute atomic E-state index is 5.20. The Hall–Kier alpha value is -1.59. The predicted octanol–water partition coefficient (Wildman–Crippen LogP) is 3.31. The van der Waals surface area contributed by atoms with E-state index >= 15 is 0 Å². The van der Waals surface area contributed by atoms with Crippen molar-refractivity contribution in [3.05, 3.63) is 29.4 Å². The zero-order chi connectivity index (χ0) is 14.1. The lowest BCUT2D eigenvalue weighted by molar-refractivity contribution is 0.187. The first-order valence-corrected chi connectivity index (χ1v) is 7.70. The summed E-state index contributed by atoms with van der Waals surface area (Å²) < 4.78 is 10.9. The van der Waals surface area contributed by atoms with Crippen molar-refractivity contribution in [2.75, 3.05) is 13.7 Å². The molecule has 0 saturated carbocycles. The second-order valence-corrected chi connectivity index (χ2v) is 5.80. The average Bonchev–Trinajstić information content (AvgIpc) is 3.13. The number of methoxy groups -OCH3 is 1. The molecular weight excluding hydrogens is 270 g/mol. The monoisotopic (exact) mass is 289 g/mol. The van der Waals surface area contributed by atoms with Crippen molar-refractivity contribution in [1.29, 1.82) is 0 Å². The smallest absolute Gasteiger partial charge is 0.157 e. The standard InChI is InChI=1S/C15H19N3OS/c1-4-11-10-18(6-7-19-3)15(16-11)13-9-14-12(17(13)2)5-8-20-14/h5,8-10H,4,6-7H2,1-3H3. The van der Waals surface area contributed by atoms with Crippen molar-refractivity contribution >= 4 is 21.6 Å². The van der Waals surface area contributed by atoms with E-state index in [0.29, 0.717) is 6.61 Å². The van der Waals surface area contributed by atoms with Gasteiger partial charge >= 0.3 is 0 Å². The Morgan fingerprint density at radius 2 is 2.25 bits per heavy atom. The fourth-order valence-corrected chi connectivity index (χ4v) is 3.32. The second-order valence-electron chi connectivity index (χ2n) is 4.85. The molecule has 3 aromatic heterocycles. The summed E-state index contributed by atoms with van der Waals surface area (Å²) in [6.45, 7) is 3.67. The molecule has 0 saturated heterocycles. The van der Waals surface area contributed by atoms with Gasteiger partial charge in [0, 0.05) is 26.9 Å². The Kier molecular flexibility index (Phi) is 3.63. The van der Waals surface area contributed by atoms with Crippen molar-refractivity contribution in [3.63, 3.8) is 0 Å². The minimum atomic E-state index is 0.700. The van der Waals surface area contributed by atoms with Crippen molar-refractivity contribution in [2.24, 2.45) is 7.05 Å². The molecule has 0 radical (unpaired) electrons. The fraction of sp³-hybridized carbons (Fsp3) is 0.400. The fourth-order valence-electron chi connectivity index (χ4n) is 2.47. The summed E-state index contributed by atoms with van der Waals surface area (Å²) in [5, 5.41) is 2.13. The molecule has 20 heavy (non-hydrogen) atoms. The summed E-state index contributed by atoms with van der Waals surface area (Å²) in [6.07, 6.45) is 3.08.